The molecule has 0 bridgehead atoms. The number of thiazole rings is 1. The average Bonchev–Trinajstić information content (AvgIpc) is 2.54. The summed E-state index contributed by atoms with van der Waals surface area (Å²) in [5.41, 5.74) is -0.0641. The number of rotatable bonds is 4. The maximum atomic E-state index is 10.1. The first kappa shape index (κ1) is 12.6. The standard InChI is InChI=1S/C11H19NO2S/c1-11(2,3)10(14-4)8(13)7-9-12-5-6-15-9/h5-6,8,10,13H,7H2,1-4H3. The lowest BCUT2D eigenvalue weighted by Crippen LogP contribution is -2.40. The third-order valence-electron chi connectivity index (χ3n) is 2.32. The molecule has 0 aliphatic carbocycles. The van der Waals surface area contributed by atoms with E-state index in [1.54, 1.807) is 24.6 Å². The molecule has 1 aromatic heterocycles. The van der Waals surface area contributed by atoms with Crippen LogP contribution in [-0.2, 0) is 11.2 Å². The van der Waals surface area contributed by atoms with E-state index in [9.17, 15) is 5.11 Å². The second-order valence-corrected chi connectivity index (χ2v) is 5.70. The first-order chi connectivity index (χ1) is 6.95. The zero-order valence-electron chi connectivity index (χ0n) is 9.73. The number of nitrogens with zero attached hydrogens (tertiary/aromatic N) is 1. The molecule has 15 heavy (non-hydrogen) atoms. The molecule has 0 saturated carbocycles. The molecule has 0 aromatic carbocycles. The molecule has 1 heterocycles. The maximum absolute atomic E-state index is 10.1. The van der Waals surface area contributed by atoms with Gasteiger partial charge in [0.15, 0.2) is 0 Å². The molecule has 0 aliphatic heterocycles. The molecule has 2 unspecified atom stereocenters. The van der Waals surface area contributed by atoms with Crippen LogP contribution in [0, 0.1) is 5.41 Å². The van der Waals surface area contributed by atoms with Crippen LogP contribution in [0.15, 0.2) is 11.6 Å². The molecule has 0 aliphatic rings. The minimum atomic E-state index is -0.499. The Hall–Kier alpha value is -0.450. The number of hydrogen-bond acceptors (Lipinski definition) is 4. The van der Waals surface area contributed by atoms with Crippen LogP contribution in [-0.4, -0.2) is 29.4 Å². The monoisotopic (exact) mass is 229 g/mol. The Labute approximate surface area is 95.1 Å². The third kappa shape index (κ3) is 3.55. The lowest BCUT2D eigenvalue weighted by atomic mass is 9.85. The van der Waals surface area contributed by atoms with Crippen molar-refractivity contribution in [1.82, 2.24) is 4.98 Å². The fourth-order valence-electron chi connectivity index (χ4n) is 1.73. The second-order valence-electron chi connectivity index (χ2n) is 4.72. The van der Waals surface area contributed by atoms with Crippen LogP contribution in [0.4, 0.5) is 0 Å². The van der Waals surface area contributed by atoms with E-state index in [2.05, 4.69) is 25.8 Å². The van der Waals surface area contributed by atoms with Gasteiger partial charge in [-0.05, 0) is 5.41 Å². The van der Waals surface area contributed by atoms with Crippen molar-refractivity contribution in [2.24, 2.45) is 5.41 Å². The quantitative estimate of drug-likeness (QED) is 0.860. The van der Waals surface area contributed by atoms with Crippen LogP contribution in [0.5, 0.6) is 0 Å². The van der Waals surface area contributed by atoms with E-state index >= 15 is 0 Å². The number of hydrogen-bond donors (Lipinski definition) is 1. The Morgan fingerprint density at radius 1 is 1.53 bits per heavy atom. The fraction of sp³-hybridized carbons (Fsp3) is 0.727. The van der Waals surface area contributed by atoms with Gasteiger partial charge in [0, 0.05) is 25.1 Å². The van der Waals surface area contributed by atoms with Crippen LogP contribution < -0.4 is 0 Å². The SMILES string of the molecule is COC(C(O)Cc1nccs1)C(C)(C)C. The smallest absolute Gasteiger partial charge is 0.0951 e. The number of ether oxygens (including phenoxy) is 1. The first-order valence-corrected chi connectivity index (χ1v) is 5.92. The molecule has 0 radical (unpaired) electrons. The summed E-state index contributed by atoms with van der Waals surface area (Å²) < 4.78 is 5.35. The van der Waals surface area contributed by atoms with Crippen LogP contribution in [0.2, 0.25) is 0 Å². The Kier molecular flexibility index (Phi) is 4.25. The summed E-state index contributed by atoms with van der Waals surface area (Å²) in [6, 6.07) is 0. The largest absolute Gasteiger partial charge is 0.390 e. The summed E-state index contributed by atoms with van der Waals surface area (Å²) in [4.78, 5) is 4.16. The van der Waals surface area contributed by atoms with Crippen LogP contribution in [0.3, 0.4) is 0 Å². The highest BCUT2D eigenvalue weighted by Gasteiger charge is 2.31. The molecule has 0 saturated heterocycles. The normalized spacial score (nSPS) is 16.3. The molecule has 2 atom stereocenters. The number of aliphatic hydroxyl groups is 1. The van der Waals surface area contributed by atoms with E-state index in [4.69, 9.17) is 4.74 Å². The van der Waals surface area contributed by atoms with E-state index in [1.807, 2.05) is 5.38 Å². The lowest BCUT2D eigenvalue weighted by Gasteiger charge is -2.32. The van der Waals surface area contributed by atoms with Crippen LogP contribution in [0.1, 0.15) is 25.8 Å². The van der Waals surface area contributed by atoms with E-state index in [-0.39, 0.29) is 11.5 Å². The van der Waals surface area contributed by atoms with Crippen molar-refractivity contribution in [1.29, 1.82) is 0 Å². The summed E-state index contributed by atoms with van der Waals surface area (Å²) in [7, 11) is 1.64. The van der Waals surface area contributed by atoms with Crippen molar-refractivity contribution in [3.8, 4) is 0 Å². The molecule has 1 aromatic rings. The topological polar surface area (TPSA) is 42.4 Å². The van der Waals surface area contributed by atoms with Gasteiger partial charge in [-0.2, -0.15) is 0 Å². The van der Waals surface area contributed by atoms with Gasteiger partial charge >= 0.3 is 0 Å². The highest BCUT2D eigenvalue weighted by atomic mass is 32.1. The molecule has 1 rings (SSSR count). The molecule has 0 fully saturated rings. The maximum Gasteiger partial charge on any atom is 0.0951 e. The van der Waals surface area contributed by atoms with E-state index < -0.39 is 6.10 Å². The number of methoxy groups -OCH3 is 1. The van der Waals surface area contributed by atoms with Crippen molar-refractivity contribution in [2.45, 2.75) is 39.4 Å². The number of aliphatic hydroxyl groups excluding tert-OH is 1. The summed E-state index contributed by atoms with van der Waals surface area (Å²) in [5.74, 6) is 0. The van der Waals surface area contributed by atoms with Gasteiger partial charge in [-0.25, -0.2) is 4.98 Å². The van der Waals surface area contributed by atoms with Gasteiger partial charge in [0.1, 0.15) is 0 Å². The highest BCUT2D eigenvalue weighted by Crippen LogP contribution is 2.26. The predicted molar refractivity (Wildman–Crippen MR) is 62.1 cm³/mol. The molecule has 0 spiro atoms. The minimum Gasteiger partial charge on any atom is -0.390 e. The zero-order valence-corrected chi connectivity index (χ0v) is 10.5. The fourth-order valence-corrected chi connectivity index (χ4v) is 2.40. The van der Waals surface area contributed by atoms with Gasteiger partial charge in [-0.15, -0.1) is 11.3 Å². The molecule has 4 heteroatoms. The van der Waals surface area contributed by atoms with Crippen molar-refractivity contribution < 1.29 is 9.84 Å². The number of aromatic nitrogens is 1. The lowest BCUT2D eigenvalue weighted by molar-refractivity contribution is -0.0699. The highest BCUT2D eigenvalue weighted by molar-refractivity contribution is 7.09. The van der Waals surface area contributed by atoms with Gasteiger partial charge in [0.25, 0.3) is 0 Å². The third-order valence-corrected chi connectivity index (χ3v) is 3.13. The van der Waals surface area contributed by atoms with Gasteiger partial charge in [0.05, 0.1) is 17.2 Å². The van der Waals surface area contributed by atoms with Crippen molar-refractivity contribution in [3.63, 3.8) is 0 Å². The Balaban J connectivity index is 2.62. The summed E-state index contributed by atoms with van der Waals surface area (Å²) in [6.07, 6.45) is 1.65. The Bertz CT molecular complexity index is 279. The molecular formula is C11H19NO2S. The van der Waals surface area contributed by atoms with Crippen molar-refractivity contribution >= 4 is 11.3 Å². The first-order valence-electron chi connectivity index (χ1n) is 5.04. The average molecular weight is 229 g/mol. The minimum absolute atomic E-state index is 0.0641. The second kappa shape index (κ2) is 5.05. The van der Waals surface area contributed by atoms with Crippen LogP contribution >= 0.6 is 11.3 Å². The van der Waals surface area contributed by atoms with Crippen molar-refractivity contribution in [2.75, 3.05) is 7.11 Å². The molecule has 86 valence electrons. The zero-order chi connectivity index (χ0) is 11.5. The molecule has 1 N–H and O–H groups in total. The van der Waals surface area contributed by atoms with Crippen LogP contribution in [0.25, 0.3) is 0 Å². The van der Waals surface area contributed by atoms with Crippen molar-refractivity contribution in [3.05, 3.63) is 16.6 Å². The Morgan fingerprint density at radius 2 is 2.20 bits per heavy atom. The Morgan fingerprint density at radius 3 is 2.60 bits per heavy atom. The van der Waals surface area contributed by atoms with Gasteiger partial charge < -0.3 is 9.84 Å². The summed E-state index contributed by atoms with van der Waals surface area (Å²) in [5, 5.41) is 12.9. The van der Waals surface area contributed by atoms with Gasteiger partial charge in [0.2, 0.25) is 0 Å². The summed E-state index contributed by atoms with van der Waals surface area (Å²) >= 11 is 1.56. The van der Waals surface area contributed by atoms with Gasteiger partial charge in [-0.3, -0.25) is 0 Å². The molecule has 0 amide bonds. The van der Waals surface area contributed by atoms with Gasteiger partial charge in [-0.1, -0.05) is 20.8 Å². The van der Waals surface area contributed by atoms with E-state index in [0.29, 0.717) is 6.42 Å². The summed E-state index contributed by atoms with van der Waals surface area (Å²) in [6.45, 7) is 6.19. The van der Waals surface area contributed by atoms with E-state index in [1.165, 1.54) is 0 Å². The molecular weight excluding hydrogens is 210 g/mol. The predicted octanol–water partition coefficient (Wildman–Crippen LogP) is 2.11. The van der Waals surface area contributed by atoms with E-state index in [0.717, 1.165) is 5.01 Å². The molecule has 3 nitrogen and oxygen atoms in total.